The minimum atomic E-state index is -0.121. The molecule has 0 bridgehead atoms. The van der Waals surface area contributed by atoms with Gasteiger partial charge in [-0.15, -0.1) is 11.3 Å². The molecule has 0 saturated carbocycles. The number of nitrogens with zero attached hydrogens (tertiary/aromatic N) is 3. The molecule has 2 aliphatic heterocycles. The Bertz CT molecular complexity index is 694. The maximum Gasteiger partial charge on any atom is 0.180 e. The molecule has 0 aliphatic carbocycles. The highest BCUT2D eigenvalue weighted by molar-refractivity contribution is 7.15. The Hall–Kier alpha value is -1.66. The molecular weight excluding hydrogens is 311 g/mol. The number of nitrogens with two attached hydrogens (primary N) is 1. The molecule has 1 fully saturated rings. The van der Waals surface area contributed by atoms with Crippen molar-refractivity contribution in [1.82, 2.24) is 9.88 Å². The number of benzene rings is 1. The van der Waals surface area contributed by atoms with E-state index in [2.05, 4.69) is 14.8 Å². The minimum Gasteiger partial charge on any atom is -0.375 e. The summed E-state index contributed by atoms with van der Waals surface area (Å²) in [4.78, 5) is 10.3. The van der Waals surface area contributed by atoms with Crippen LogP contribution in [0.3, 0.4) is 0 Å². The van der Waals surface area contributed by atoms with Gasteiger partial charge in [-0.1, -0.05) is 0 Å². The summed E-state index contributed by atoms with van der Waals surface area (Å²) in [5.41, 5.74) is 8.10. The number of nitrogen functional groups attached to an aromatic ring is 1. The molecular formula is C17H21FN4S. The van der Waals surface area contributed by atoms with E-state index >= 15 is 0 Å². The third kappa shape index (κ3) is 3.05. The first-order chi connectivity index (χ1) is 11.2. The number of fused-ring (bicyclic) bond motifs is 1. The van der Waals surface area contributed by atoms with Crippen molar-refractivity contribution in [2.75, 3.05) is 30.3 Å². The summed E-state index contributed by atoms with van der Waals surface area (Å²) in [7, 11) is 0. The first-order valence-corrected chi connectivity index (χ1v) is 8.98. The van der Waals surface area contributed by atoms with Crippen molar-refractivity contribution < 1.29 is 4.39 Å². The van der Waals surface area contributed by atoms with E-state index in [1.165, 1.54) is 10.6 Å². The van der Waals surface area contributed by atoms with Crippen LogP contribution in [0.1, 0.15) is 23.3 Å². The van der Waals surface area contributed by atoms with Gasteiger partial charge < -0.3 is 10.6 Å². The number of hydrogen-bond acceptors (Lipinski definition) is 5. The van der Waals surface area contributed by atoms with Crippen molar-refractivity contribution in [3.63, 3.8) is 0 Å². The fourth-order valence-electron chi connectivity index (χ4n) is 3.78. The van der Waals surface area contributed by atoms with Gasteiger partial charge in [-0.25, -0.2) is 9.37 Å². The Morgan fingerprint density at radius 2 is 2.09 bits per heavy atom. The summed E-state index contributed by atoms with van der Waals surface area (Å²) in [6.07, 6.45) is 5.17. The third-order valence-corrected chi connectivity index (χ3v) is 5.73. The predicted octanol–water partition coefficient (Wildman–Crippen LogP) is 2.89. The summed E-state index contributed by atoms with van der Waals surface area (Å²) in [6.45, 7) is 4.16. The fraction of sp³-hybridized carbons (Fsp3) is 0.471. The monoisotopic (exact) mass is 332 g/mol. The Morgan fingerprint density at radius 1 is 1.26 bits per heavy atom. The van der Waals surface area contributed by atoms with Crippen molar-refractivity contribution in [2.24, 2.45) is 0 Å². The summed E-state index contributed by atoms with van der Waals surface area (Å²) in [5, 5.41) is 0.649. The van der Waals surface area contributed by atoms with E-state index in [1.807, 2.05) is 12.3 Å². The van der Waals surface area contributed by atoms with Crippen LogP contribution in [-0.4, -0.2) is 35.6 Å². The second-order valence-electron chi connectivity index (χ2n) is 6.39. The molecule has 1 aromatic heterocycles. The van der Waals surface area contributed by atoms with Gasteiger partial charge in [0, 0.05) is 49.0 Å². The summed E-state index contributed by atoms with van der Waals surface area (Å²) < 4.78 is 13.4. The van der Waals surface area contributed by atoms with Gasteiger partial charge >= 0.3 is 0 Å². The van der Waals surface area contributed by atoms with Crippen LogP contribution in [0, 0.1) is 5.82 Å². The van der Waals surface area contributed by atoms with Crippen molar-refractivity contribution in [1.29, 1.82) is 0 Å². The van der Waals surface area contributed by atoms with Crippen LogP contribution in [0.2, 0.25) is 0 Å². The van der Waals surface area contributed by atoms with Crippen LogP contribution in [0.15, 0.2) is 24.4 Å². The zero-order chi connectivity index (χ0) is 15.8. The molecule has 4 rings (SSSR count). The normalized spacial score (nSPS) is 19.3. The molecule has 2 N–H and O–H groups in total. The van der Waals surface area contributed by atoms with Gasteiger partial charge in [-0.2, -0.15) is 0 Å². The Balaban J connectivity index is 1.37. The summed E-state index contributed by atoms with van der Waals surface area (Å²) in [6, 6.07) is 5.80. The first-order valence-electron chi connectivity index (χ1n) is 8.16. The maximum absolute atomic E-state index is 13.4. The highest BCUT2D eigenvalue weighted by Crippen LogP contribution is 2.33. The fourth-order valence-corrected chi connectivity index (χ4v) is 4.51. The average Bonchev–Trinajstić information content (AvgIpc) is 3.14. The molecule has 0 amide bonds. The molecule has 3 heterocycles. The molecule has 6 heteroatoms. The van der Waals surface area contributed by atoms with Crippen molar-refractivity contribution in [3.8, 4) is 0 Å². The lowest BCUT2D eigenvalue weighted by Gasteiger charge is -2.38. The van der Waals surface area contributed by atoms with Gasteiger partial charge in [0.2, 0.25) is 0 Å². The zero-order valence-corrected chi connectivity index (χ0v) is 13.9. The number of halogens is 1. The molecule has 122 valence electrons. The minimum absolute atomic E-state index is 0.121. The van der Waals surface area contributed by atoms with Gasteiger partial charge in [0.1, 0.15) is 5.82 Å². The van der Waals surface area contributed by atoms with Gasteiger partial charge in [-0.05, 0) is 43.0 Å². The standard InChI is InChI=1S/C17H21FN4S/c18-13-1-2-16-12(9-13)3-8-22(16)14-4-6-21(7-5-14)11-15-10-20-17(19)23-15/h1-2,9-10,14H,3-8,11H2,(H2,19,20). The highest BCUT2D eigenvalue weighted by atomic mass is 32.1. The molecule has 2 aliphatic rings. The highest BCUT2D eigenvalue weighted by Gasteiger charge is 2.29. The number of thiazole rings is 1. The van der Waals surface area contributed by atoms with Gasteiger partial charge in [0.05, 0.1) is 0 Å². The molecule has 4 nitrogen and oxygen atoms in total. The van der Waals surface area contributed by atoms with Crippen LogP contribution >= 0.6 is 11.3 Å². The second kappa shape index (κ2) is 6.09. The van der Waals surface area contributed by atoms with Crippen LogP contribution in [0.25, 0.3) is 0 Å². The van der Waals surface area contributed by atoms with Crippen molar-refractivity contribution in [2.45, 2.75) is 31.8 Å². The first kappa shape index (κ1) is 14.9. The molecule has 2 aromatic rings. The SMILES string of the molecule is Nc1ncc(CN2CCC(N3CCc4cc(F)ccc43)CC2)s1. The zero-order valence-electron chi connectivity index (χ0n) is 13.0. The summed E-state index contributed by atoms with van der Waals surface area (Å²) >= 11 is 1.58. The number of anilines is 2. The molecule has 0 spiro atoms. The smallest absolute Gasteiger partial charge is 0.180 e. The largest absolute Gasteiger partial charge is 0.375 e. The molecule has 0 radical (unpaired) electrons. The molecule has 23 heavy (non-hydrogen) atoms. The molecule has 0 unspecified atom stereocenters. The lowest BCUT2D eigenvalue weighted by atomic mass is 10.0. The van der Waals surface area contributed by atoms with E-state index in [0.717, 1.165) is 51.0 Å². The number of hydrogen-bond donors (Lipinski definition) is 1. The van der Waals surface area contributed by atoms with Gasteiger partial charge in [0.25, 0.3) is 0 Å². The lowest BCUT2D eigenvalue weighted by Crippen LogP contribution is -2.44. The van der Waals surface area contributed by atoms with Gasteiger partial charge in [-0.3, -0.25) is 4.90 Å². The van der Waals surface area contributed by atoms with E-state index in [-0.39, 0.29) is 5.82 Å². The lowest BCUT2D eigenvalue weighted by molar-refractivity contribution is 0.203. The quantitative estimate of drug-likeness (QED) is 0.939. The number of likely N-dealkylation sites (tertiary alicyclic amines) is 1. The van der Waals surface area contributed by atoms with Gasteiger partial charge in [0.15, 0.2) is 5.13 Å². The number of rotatable bonds is 3. The van der Waals surface area contributed by atoms with E-state index < -0.39 is 0 Å². The van der Waals surface area contributed by atoms with E-state index in [9.17, 15) is 4.39 Å². The maximum atomic E-state index is 13.4. The van der Waals surface area contributed by atoms with Crippen LogP contribution in [0.5, 0.6) is 0 Å². The van der Waals surface area contributed by atoms with E-state index in [1.54, 1.807) is 23.5 Å². The number of piperidine rings is 1. The predicted molar refractivity (Wildman–Crippen MR) is 92.3 cm³/mol. The topological polar surface area (TPSA) is 45.4 Å². The Kier molecular flexibility index (Phi) is 3.95. The van der Waals surface area contributed by atoms with Crippen LogP contribution in [-0.2, 0) is 13.0 Å². The number of aromatic nitrogens is 1. The van der Waals surface area contributed by atoms with Crippen molar-refractivity contribution in [3.05, 3.63) is 40.7 Å². The van der Waals surface area contributed by atoms with E-state index in [0.29, 0.717) is 11.2 Å². The van der Waals surface area contributed by atoms with E-state index in [4.69, 9.17) is 5.73 Å². The Labute approximate surface area is 139 Å². The second-order valence-corrected chi connectivity index (χ2v) is 7.54. The van der Waals surface area contributed by atoms with Crippen LogP contribution < -0.4 is 10.6 Å². The average molecular weight is 332 g/mol. The summed E-state index contributed by atoms with van der Waals surface area (Å²) in [5.74, 6) is -0.121. The van der Waals surface area contributed by atoms with Crippen molar-refractivity contribution >= 4 is 22.2 Å². The molecule has 0 atom stereocenters. The Morgan fingerprint density at radius 3 is 2.83 bits per heavy atom. The third-order valence-electron chi connectivity index (χ3n) is 4.92. The van der Waals surface area contributed by atoms with Crippen LogP contribution in [0.4, 0.5) is 15.2 Å². The molecule has 1 saturated heterocycles. The molecule has 1 aromatic carbocycles.